The van der Waals surface area contributed by atoms with Gasteiger partial charge in [-0.2, -0.15) is 5.26 Å². The number of thiophene rings is 1. The van der Waals surface area contributed by atoms with Gasteiger partial charge < -0.3 is 11.1 Å². The van der Waals surface area contributed by atoms with E-state index in [0.717, 1.165) is 0 Å². The fraction of sp³-hybridized carbons (Fsp3) is 0.0833. The van der Waals surface area contributed by atoms with E-state index in [1.807, 2.05) is 6.07 Å². The van der Waals surface area contributed by atoms with Crippen molar-refractivity contribution in [3.05, 3.63) is 41.0 Å². The maximum atomic E-state index is 11.7. The van der Waals surface area contributed by atoms with E-state index in [2.05, 4.69) is 10.3 Å². The lowest BCUT2D eigenvalue weighted by Crippen LogP contribution is -2.15. The lowest BCUT2D eigenvalue weighted by Gasteiger charge is -2.03. The van der Waals surface area contributed by atoms with Crippen molar-refractivity contribution in [1.29, 1.82) is 5.26 Å². The Morgan fingerprint density at radius 3 is 3.00 bits per heavy atom. The van der Waals surface area contributed by atoms with Gasteiger partial charge in [0.15, 0.2) is 0 Å². The van der Waals surface area contributed by atoms with Gasteiger partial charge in [0.1, 0.15) is 11.1 Å². The summed E-state index contributed by atoms with van der Waals surface area (Å²) in [6.45, 7) is 0. The van der Waals surface area contributed by atoms with E-state index in [9.17, 15) is 4.79 Å². The van der Waals surface area contributed by atoms with Gasteiger partial charge in [-0.1, -0.05) is 0 Å². The summed E-state index contributed by atoms with van der Waals surface area (Å²) in [6.07, 6.45) is 1.66. The Bertz CT molecular complexity index is 597. The van der Waals surface area contributed by atoms with Crippen LogP contribution in [0.15, 0.2) is 29.8 Å². The molecule has 5 nitrogen and oxygen atoms in total. The Kier molecular flexibility index (Phi) is 3.55. The minimum atomic E-state index is -0.203. The number of aromatic nitrogens is 1. The highest BCUT2D eigenvalue weighted by Crippen LogP contribution is 2.22. The van der Waals surface area contributed by atoms with Crippen molar-refractivity contribution in [2.75, 3.05) is 11.1 Å². The molecule has 0 atom stereocenters. The van der Waals surface area contributed by atoms with Crippen molar-refractivity contribution < 1.29 is 4.79 Å². The number of nitrogen functional groups attached to an aromatic ring is 1. The first-order valence-corrected chi connectivity index (χ1v) is 6.05. The predicted octanol–water partition coefficient (Wildman–Crippen LogP) is 1.78. The molecule has 2 aromatic rings. The molecule has 2 rings (SSSR count). The SMILES string of the molecule is N#Cc1ccsc1NC(=O)Cc1ccc(N)cn1. The maximum Gasteiger partial charge on any atom is 0.231 e. The molecule has 2 aromatic heterocycles. The monoisotopic (exact) mass is 258 g/mol. The lowest BCUT2D eigenvalue weighted by molar-refractivity contribution is -0.115. The van der Waals surface area contributed by atoms with E-state index < -0.39 is 0 Å². The van der Waals surface area contributed by atoms with Gasteiger partial charge in [-0.15, -0.1) is 11.3 Å². The van der Waals surface area contributed by atoms with Crippen LogP contribution in [0.4, 0.5) is 10.7 Å². The molecule has 0 aliphatic rings. The van der Waals surface area contributed by atoms with Crippen LogP contribution in [0.2, 0.25) is 0 Å². The number of nitriles is 1. The van der Waals surface area contributed by atoms with E-state index in [1.54, 1.807) is 23.6 Å². The Hall–Kier alpha value is -2.39. The van der Waals surface area contributed by atoms with E-state index in [1.165, 1.54) is 17.5 Å². The van der Waals surface area contributed by atoms with E-state index in [4.69, 9.17) is 11.0 Å². The van der Waals surface area contributed by atoms with Gasteiger partial charge in [-0.3, -0.25) is 9.78 Å². The zero-order chi connectivity index (χ0) is 13.0. The van der Waals surface area contributed by atoms with Gasteiger partial charge in [0.05, 0.1) is 23.9 Å². The van der Waals surface area contributed by atoms with Crippen LogP contribution >= 0.6 is 11.3 Å². The molecule has 0 aliphatic carbocycles. The van der Waals surface area contributed by atoms with Crippen molar-refractivity contribution in [2.24, 2.45) is 0 Å². The van der Waals surface area contributed by atoms with Crippen molar-refractivity contribution in [2.45, 2.75) is 6.42 Å². The zero-order valence-electron chi connectivity index (χ0n) is 9.38. The highest BCUT2D eigenvalue weighted by molar-refractivity contribution is 7.14. The number of pyridine rings is 1. The second-order valence-corrected chi connectivity index (χ2v) is 4.50. The van der Waals surface area contributed by atoms with Crippen LogP contribution in [0, 0.1) is 11.3 Å². The summed E-state index contributed by atoms with van der Waals surface area (Å²) in [5.74, 6) is -0.203. The molecule has 6 heteroatoms. The molecular formula is C12H10N4OS. The predicted molar refractivity (Wildman–Crippen MR) is 70.0 cm³/mol. The molecule has 0 fully saturated rings. The third-order valence-corrected chi connectivity index (χ3v) is 3.06. The van der Waals surface area contributed by atoms with Gasteiger partial charge in [0, 0.05) is 5.69 Å². The molecule has 0 aromatic carbocycles. The summed E-state index contributed by atoms with van der Waals surface area (Å²) < 4.78 is 0. The van der Waals surface area contributed by atoms with Crippen molar-refractivity contribution in [3.63, 3.8) is 0 Å². The molecule has 0 unspecified atom stereocenters. The first-order valence-electron chi connectivity index (χ1n) is 5.17. The average molecular weight is 258 g/mol. The van der Waals surface area contributed by atoms with E-state index >= 15 is 0 Å². The Labute approximate surface area is 108 Å². The largest absolute Gasteiger partial charge is 0.397 e. The fourth-order valence-electron chi connectivity index (χ4n) is 1.37. The molecular weight excluding hydrogens is 248 g/mol. The van der Waals surface area contributed by atoms with Gasteiger partial charge in [-0.05, 0) is 23.6 Å². The second kappa shape index (κ2) is 5.29. The van der Waals surface area contributed by atoms with Gasteiger partial charge >= 0.3 is 0 Å². The van der Waals surface area contributed by atoms with Crippen LogP contribution in [0.1, 0.15) is 11.3 Å². The normalized spacial score (nSPS) is 9.72. The minimum Gasteiger partial charge on any atom is -0.397 e. The topological polar surface area (TPSA) is 91.8 Å². The maximum absolute atomic E-state index is 11.7. The molecule has 1 amide bonds. The molecule has 3 N–H and O–H groups in total. The van der Waals surface area contributed by atoms with Crippen LogP contribution in [0.25, 0.3) is 0 Å². The molecule has 0 saturated carbocycles. The van der Waals surface area contributed by atoms with Gasteiger partial charge in [-0.25, -0.2) is 0 Å². The Morgan fingerprint density at radius 1 is 1.50 bits per heavy atom. The zero-order valence-corrected chi connectivity index (χ0v) is 10.2. The molecule has 0 bridgehead atoms. The fourth-order valence-corrected chi connectivity index (χ4v) is 2.12. The number of hydrogen-bond acceptors (Lipinski definition) is 5. The number of carbonyl (C=O) groups excluding carboxylic acids is 1. The number of nitrogens with one attached hydrogen (secondary N) is 1. The van der Waals surface area contributed by atoms with Crippen LogP contribution in [-0.4, -0.2) is 10.9 Å². The molecule has 0 spiro atoms. The quantitative estimate of drug-likeness (QED) is 0.877. The summed E-state index contributed by atoms with van der Waals surface area (Å²) in [4.78, 5) is 15.8. The number of carbonyl (C=O) groups is 1. The number of hydrogen-bond donors (Lipinski definition) is 2. The lowest BCUT2D eigenvalue weighted by atomic mass is 10.2. The number of rotatable bonds is 3. The molecule has 90 valence electrons. The second-order valence-electron chi connectivity index (χ2n) is 3.58. The summed E-state index contributed by atoms with van der Waals surface area (Å²) in [6, 6.07) is 7.08. The van der Waals surface area contributed by atoms with Crippen LogP contribution in [-0.2, 0) is 11.2 Å². The van der Waals surface area contributed by atoms with Crippen molar-refractivity contribution in [1.82, 2.24) is 4.98 Å². The molecule has 0 aliphatic heterocycles. The van der Waals surface area contributed by atoms with E-state index in [0.29, 0.717) is 21.9 Å². The van der Waals surface area contributed by atoms with Crippen LogP contribution < -0.4 is 11.1 Å². The third kappa shape index (κ3) is 2.84. The number of anilines is 2. The third-order valence-electron chi connectivity index (χ3n) is 2.23. The first-order chi connectivity index (χ1) is 8.69. The molecule has 0 radical (unpaired) electrons. The summed E-state index contributed by atoms with van der Waals surface area (Å²) >= 11 is 1.32. The summed E-state index contributed by atoms with van der Waals surface area (Å²) in [7, 11) is 0. The van der Waals surface area contributed by atoms with Crippen molar-refractivity contribution in [3.8, 4) is 6.07 Å². The van der Waals surface area contributed by atoms with Gasteiger partial charge in [0.25, 0.3) is 0 Å². The smallest absolute Gasteiger partial charge is 0.231 e. The first kappa shape index (κ1) is 12.1. The number of amides is 1. The standard InChI is InChI=1S/C12H10N4OS/c13-6-8-3-4-18-12(8)16-11(17)5-10-2-1-9(14)7-15-10/h1-4,7H,5,14H2,(H,16,17). The Morgan fingerprint density at radius 2 is 2.33 bits per heavy atom. The highest BCUT2D eigenvalue weighted by Gasteiger charge is 2.09. The minimum absolute atomic E-state index is 0.156. The van der Waals surface area contributed by atoms with Crippen LogP contribution in [0.3, 0.4) is 0 Å². The van der Waals surface area contributed by atoms with Crippen LogP contribution in [0.5, 0.6) is 0 Å². The number of nitrogens with two attached hydrogens (primary N) is 1. The van der Waals surface area contributed by atoms with E-state index in [-0.39, 0.29) is 12.3 Å². The highest BCUT2D eigenvalue weighted by atomic mass is 32.1. The summed E-state index contributed by atoms with van der Waals surface area (Å²) in [5.41, 5.74) is 7.17. The van der Waals surface area contributed by atoms with Crippen molar-refractivity contribution >= 4 is 27.9 Å². The average Bonchev–Trinajstić information content (AvgIpc) is 2.79. The molecule has 18 heavy (non-hydrogen) atoms. The van der Waals surface area contributed by atoms with Gasteiger partial charge in [0.2, 0.25) is 5.91 Å². The molecule has 0 saturated heterocycles. The molecule has 2 heterocycles. The Balaban J connectivity index is 2.01. The number of nitrogens with zero attached hydrogens (tertiary/aromatic N) is 2. The summed E-state index contributed by atoms with van der Waals surface area (Å²) in [5, 5.41) is 13.8.